The predicted molar refractivity (Wildman–Crippen MR) is 46.7 cm³/mol. The van der Waals surface area contributed by atoms with Crippen LogP contribution in [0.1, 0.15) is 0 Å². The molecule has 0 spiro atoms. The molecule has 1 aromatic heterocycles. The van der Waals surface area contributed by atoms with Gasteiger partial charge in [0.25, 0.3) is 0 Å². The average molecular weight is 234 g/mol. The van der Waals surface area contributed by atoms with E-state index >= 15 is 0 Å². The van der Waals surface area contributed by atoms with Crippen molar-refractivity contribution in [2.24, 2.45) is 0 Å². The van der Waals surface area contributed by atoms with Crippen LogP contribution in [-0.4, -0.2) is 12.0 Å². The molecule has 0 bridgehead atoms. The smallest absolute Gasteiger partial charge is 0.0588 e. The zero-order chi connectivity index (χ0) is 6.69. The van der Waals surface area contributed by atoms with E-state index in [9.17, 15) is 0 Å². The Morgan fingerprint density at radius 2 is 2.00 bits per heavy atom. The predicted octanol–water partition coefficient (Wildman–Crippen LogP) is 1.87. The summed E-state index contributed by atoms with van der Waals surface area (Å²) in [5.41, 5.74) is 1.17. The summed E-state index contributed by atoms with van der Waals surface area (Å²) in [5, 5.41) is 0. The Morgan fingerprint density at radius 1 is 1.44 bits per heavy atom. The lowest BCUT2D eigenvalue weighted by molar-refractivity contribution is 1.30. The second-order valence-electron chi connectivity index (χ2n) is 1.68. The van der Waals surface area contributed by atoms with Crippen molar-refractivity contribution in [1.29, 1.82) is 0 Å². The highest BCUT2D eigenvalue weighted by Crippen LogP contribution is 2.12. The van der Waals surface area contributed by atoms with Crippen molar-refractivity contribution in [1.82, 2.24) is 4.98 Å². The first-order valence-corrected chi connectivity index (χ1v) is 3.57. The molecule has 0 fully saturated rings. The highest BCUT2D eigenvalue weighted by atomic mass is 127. The van der Waals surface area contributed by atoms with E-state index < -0.39 is 0 Å². The Bertz CT molecular complexity index is 174. The summed E-state index contributed by atoms with van der Waals surface area (Å²) in [5.74, 6) is 0. The molecule has 3 heteroatoms. The van der Waals surface area contributed by atoms with Crippen LogP contribution in [0.2, 0.25) is 0 Å². The first-order valence-electron chi connectivity index (χ1n) is 2.60. The van der Waals surface area contributed by atoms with Crippen molar-refractivity contribution in [2.75, 3.05) is 10.2 Å². The van der Waals surface area contributed by atoms with Crippen molar-refractivity contribution < 1.29 is 0 Å². The van der Waals surface area contributed by atoms with E-state index in [0.717, 1.165) is 0 Å². The molecule has 0 aliphatic carbocycles. The van der Waals surface area contributed by atoms with Crippen LogP contribution in [0.5, 0.6) is 0 Å². The van der Waals surface area contributed by atoms with E-state index in [-0.39, 0.29) is 0 Å². The minimum absolute atomic E-state index is 1.17. The van der Waals surface area contributed by atoms with Gasteiger partial charge >= 0.3 is 0 Å². The number of rotatable bonds is 1. The van der Waals surface area contributed by atoms with E-state index in [4.69, 9.17) is 0 Å². The van der Waals surface area contributed by atoms with Crippen LogP contribution in [0.15, 0.2) is 24.5 Å². The molecule has 0 aliphatic rings. The molecule has 9 heavy (non-hydrogen) atoms. The number of pyridine rings is 1. The molecule has 0 radical (unpaired) electrons. The third-order valence-electron chi connectivity index (χ3n) is 1.02. The molecule has 0 aromatic carbocycles. The van der Waals surface area contributed by atoms with E-state index in [2.05, 4.69) is 27.8 Å². The Hall–Kier alpha value is -0.320. The van der Waals surface area contributed by atoms with Gasteiger partial charge in [0.1, 0.15) is 0 Å². The highest BCUT2D eigenvalue weighted by Gasteiger charge is 1.90. The Labute approximate surface area is 68.4 Å². The molecular formula is C6H7IN2. The summed E-state index contributed by atoms with van der Waals surface area (Å²) in [6.45, 7) is 0. The molecule has 0 unspecified atom stereocenters. The summed E-state index contributed by atoms with van der Waals surface area (Å²) >= 11 is 2.21. The first kappa shape index (κ1) is 6.80. The topological polar surface area (TPSA) is 16.1 Å². The summed E-state index contributed by atoms with van der Waals surface area (Å²) in [4.78, 5) is 3.90. The molecule has 0 amide bonds. The van der Waals surface area contributed by atoms with Gasteiger partial charge in [0, 0.05) is 25.1 Å². The molecule has 0 aliphatic heterocycles. The minimum Gasteiger partial charge on any atom is -0.318 e. The van der Waals surface area contributed by atoms with Crippen LogP contribution in [0.25, 0.3) is 0 Å². The van der Waals surface area contributed by atoms with Gasteiger partial charge in [-0.2, -0.15) is 0 Å². The zero-order valence-electron chi connectivity index (χ0n) is 5.08. The van der Waals surface area contributed by atoms with Gasteiger partial charge in [-0.1, -0.05) is 0 Å². The second kappa shape index (κ2) is 3.00. The van der Waals surface area contributed by atoms with Crippen LogP contribution in [0.4, 0.5) is 5.69 Å². The summed E-state index contributed by atoms with van der Waals surface area (Å²) in [6.07, 6.45) is 3.56. The quantitative estimate of drug-likeness (QED) is 0.544. The maximum Gasteiger partial charge on any atom is 0.0588 e. The van der Waals surface area contributed by atoms with Gasteiger partial charge in [-0.3, -0.25) is 4.98 Å². The Kier molecular flexibility index (Phi) is 2.27. The number of anilines is 1. The van der Waals surface area contributed by atoms with Crippen molar-refractivity contribution >= 4 is 28.6 Å². The average Bonchev–Trinajstić information content (AvgIpc) is 1.90. The maximum atomic E-state index is 3.90. The molecule has 0 saturated carbocycles. The number of nitrogens with zero attached hydrogens (tertiary/aromatic N) is 2. The maximum absolute atomic E-state index is 3.90. The Balaban J connectivity index is 2.85. The number of aromatic nitrogens is 1. The van der Waals surface area contributed by atoms with E-state index in [1.165, 1.54) is 5.69 Å². The molecular weight excluding hydrogens is 227 g/mol. The third-order valence-corrected chi connectivity index (χ3v) is 1.58. The van der Waals surface area contributed by atoms with Gasteiger partial charge < -0.3 is 3.11 Å². The SMILES string of the molecule is CN(I)c1ccncc1. The Morgan fingerprint density at radius 3 is 2.33 bits per heavy atom. The lowest BCUT2D eigenvalue weighted by Gasteiger charge is -2.06. The van der Waals surface area contributed by atoms with Crippen molar-refractivity contribution in [2.45, 2.75) is 0 Å². The fraction of sp³-hybridized carbons (Fsp3) is 0.167. The first-order chi connectivity index (χ1) is 4.30. The number of halogens is 1. The monoisotopic (exact) mass is 234 g/mol. The highest BCUT2D eigenvalue weighted by molar-refractivity contribution is 14.1. The lowest BCUT2D eigenvalue weighted by atomic mass is 10.4. The van der Waals surface area contributed by atoms with Gasteiger partial charge in [0.2, 0.25) is 0 Å². The molecule has 1 aromatic rings. The lowest BCUT2D eigenvalue weighted by Crippen LogP contribution is -1.98. The molecule has 48 valence electrons. The van der Waals surface area contributed by atoms with Crippen molar-refractivity contribution in [3.8, 4) is 0 Å². The summed E-state index contributed by atoms with van der Waals surface area (Å²) in [6, 6.07) is 3.93. The zero-order valence-corrected chi connectivity index (χ0v) is 7.24. The molecule has 1 rings (SSSR count). The summed E-state index contributed by atoms with van der Waals surface area (Å²) < 4.78 is 2.01. The van der Waals surface area contributed by atoms with Crippen LogP contribution < -0.4 is 3.11 Å². The van der Waals surface area contributed by atoms with Gasteiger partial charge in [-0.25, -0.2) is 0 Å². The van der Waals surface area contributed by atoms with Crippen molar-refractivity contribution in [3.05, 3.63) is 24.5 Å². The van der Waals surface area contributed by atoms with Crippen LogP contribution in [0, 0.1) is 0 Å². The largest absolute Gasteiger partial charge is 0.318 e. The van der Waals surface area contributed by atoms with Gasteiger partial charge in [0.05, 0.1) is 22.9 Å². The van der Waals surface area contributed by atoms with E-state index in [1.807, 2.05) is 22.3 Å². The molecule has 0 atom stereocenters. The standard InChI is InChI=1S/C6H7IN2/c1-9(7)6-2-4-8-5-3-6/h2-5H,1H3. The second-order valence-corrected chi connectivity index (χ2v) is 3.13. The van der Waals surface area contributed by atoms with Crippen LogP contribution in [-0.2, 0) is 0 Å². The third kappa shape index (κ3) is 1.82. The number of hydrogen-bond donors (Lipinski definition) is 0. The molecule has 1 heterocycles. The molecule has 0 N–H and O–H groups in total. The fourth-order valence-corrected chi connectivity index (χ4v) is 0.871. The normalized spacial score (nSPS) is 9.11. The van der Waals surface area contributed by atoms with E-state index in [0.29, 0.717) is 0 Å². The van der Waals surface area contributed by atoms with Gasteiger partial charge in [0.15, 0.2) is 0 Å². The van der Waals surface area contributed by atoms with Crippen LogP contribution >= 0.6 is 22.9 Å². The molecule has 0 saturated heterocycles. The fourth-order valence-electron chi connectivity index (χ4n) is 0.549. The number of hydrogen-bond acceptors (Lipinski definition) is 2. The van der Waals surface area contributed by atoms with Crippen LogP contribution in [0.3, 0.4) is 0 Å². The minimum atomic E-state index is 1.17. The van der Waals surface area contributed by atoms with E-state index in [1.54, 1.807) is 12.4 Å². The van der Waals surface area contributed by atoms with Gasteiger partial charge in [-0.15, -0.1) is 0 Å². The molecule has 2 nitrogen and oxygen atoms in total. The van der Waals surface area contributed by atoms with Crippen molar-refractivity contribution in [3.63, 3.8) is 0 Å². The van der Waals surface area contributed by atoms with Gasteiger partial charge in [-0.05, 0) is 12.1 Å². The summed E-state index contributed by atoms with van der Waals surface area (Å²) in [7, 11) is 2.00.